The monoisotopic (exact) mass is 200 g/mol. The first kappa shape index (κ1) is 14.0. The smallest absolute Gasteiger partial charge is 0.0518 e. The summed E-state index contributed by atoms with van der Waals surface area (Å²) >= 11 is 0. The first-order valence-electron chi connectivity index (χ1n) is 5.90. The molecule has 0 saturated heterocycles. The Morgan fingerprint density at radius 3 is 1.86 bits per heavy atom. The summed E-state index contributed by atoms with van der Waals surface area (Å²) in [6.45, 7) is 16.8. The van der Waals surface area contributed by atoms with E-state index in [1.165, 1.54) is 6.42 Å². The summed E-state index contributed by atoms with van der Waals surface area (Å²) in [4.78, 5) is 0. The van der Waals surface area contributed by atoms with Crippen molar-refractivity contribution in [1.29, 1.82) is 0 Å². The zero-order valence-corrected chi connectivity index (χ0v) is 11.1. The lowest BCUT2D eigenvalue weighted by Crippen LogP contribution is -2.28. The van der Waals surface area contributed by atoms with Gasteiger partial charge in [0.15, 0.2) is 0 Å². The maximum absolute atomic E-state index is 5.59. The van der Waals surface area contributed by atoms with Crippen LogP contribution in [0.25, 0.3) is 0 Å². The Labute approximate surface area is 90.2 Å². The van der Waals surface area contributed by atoms with E-state index in [4.69, 9.17) is 4.74 Å². The first-order chi connectivity index (χ1) is 6.28. The fourth-order valence-corrected chi connectivity index (χ4v) is 1.42. The molecule has 1 unspecified atom stereocenters. The third-order valence-electron chi connectivity index (χ3n) is 3.76. The van der Waals surface area contributed by atoms with Gasteiger partial charge in [-0.05, 0) is 37.5 Å². The number of rotatable bonds is 6. The average molecular weight is 200 g/mol. The molecule has 0 aromatic carbocycles. The van der Waals surface area contributed by atoms with Crippen molar-refractivity contribution in [3.63, 3.8) is 0 Å². The van der Waals surface area contributed by atoms with Gasteiger partial charge in [0.1, 0.15) is 0 Å². The van der Waals surface area contributed by atoms with E-state index in [1.54, 1.807) is 0 Å². The molecule has 1 atom stereocenters. The summed E-state index contributed by atoms with van der Waals surface area (Å²) in [6.07, 6.45) is 1.54. The summed E-state index contributed by atoms with van der Waals surface area (Å²) in [5, 5.41) is 0. The Kier molecular flexibility index (Phi) is 5.73. The van der Waals surface area contributed by atoms with Crippen molar-refractivity contribution in [3.05, 3.63) is 0 Å². The van der Waals surface area contributed by atoms with Gasteiger partial charge in [0.05, 0.1) is 6.10 Å². The van der Waals surface area contributed by atoms with Gasteiger partial charge in [0.25, 0.3) is 0 Å². The van der Waals surface area contributed by atoms with Gasteiger partial charge in [-0.25, -0.2) is 0 Å². The molecule has 0 aliphatic carbocycles. The summed E-state index contributed by atoms with van der Waals surface area (Å²) in [5.41, 5.74) is 0.417. The minimum Gasteiger partial charge on any atom is -0.379 e. The van der Waals surface area contributed by atoms with E-state index in [9.17, 15) is 0 Å². The van der Waals surface area contributed by atoms with Gasteiger partial charge >= 0.3 is 0 Å². The highest BCUT2D eigenvalue weighted by molar-refractivity contribution is 4.78. The third kappa shape index (κ3) is 4.45. The number of hydrogen-bond acceptors (Lipinski definition) is 1. The minimum atomic E-state index is 0.365. The molecule has 0 radical (unpaired) electrons. The van der Waals surface area contributed by atoms with Crippen molar-refractivity contribution in [1.82, 2.24) is 0 Å². The molecule has 0 aromatic rings. The minimum absolute atomic E-state index is 0.365. The van der Waals surface area contributed by atoms with Crippen molar-refractivity contribution in [2.24, 2.45) is 17.3 Å². The van der Waals surface area contributed by atoms with Crippen LogP contribution in [0, 0.1) is 17.3 Å². The topological polar surface area (TPSA) is 9.23 Å². The second kappa shape index (κ2) is 5.75. The molecular formula is C13H28O. The fraction of sp³-hybridized carbons (Fsp3) is 1.00. The number of hydrogen-bond donors (Lipinski definition) is 0. The molecule has 0 aromatic heterocycles. The SMILES string of the molecule is CC(C)OCCC(C)C(C)(C)C(C)C. The summed E-state index contributed by atoms with van der Waals surface area (Å²) in [5.74, 6) is 1.46. The molecule has 0 spiro atoms. The van der Waals surface area contributed by atoms with Gasteiger partial charge in [-0.1, -0.05) is 34.6 Å². The zero-order chi connectivity index (χ0) is 11.4. The molecule has 0 aliphatic rings. The van der Waals surface area contributed by atoms with Gasteiger partial charge in [-0.15, -0.1) is 0 Å². The third-order valence-corrected chi connectivity index (χ3v) is 3.76. The Morgan fingerprint density at radius 2 is 1.50 bits per heavy atom. The molecule has 0 amide bonds. The van der Waals surface area contributed by atoms with Crippen LogP contribution in [0.3, 0.4) is 0 Å². The van der Waals surface area contributed by atoms with E-state index in [0.717, 1.165) is 18.4 Å². The lowest BCUT2D eigenvalue weighted by molar-refractivity contribution is 0.0460. The van der Waals surface area contributed by atoms with Gasteiger partial charge in [0.2, 0.25) is 0 Å². The van der Waals surface area contributed by atoms with Crippen LogP contribution in [0.5, 0.6) is 0 Å². The Balaban J connectivity index is 3.89. The molecule has 0 N–H and O–H groups in total. The summed E-state index contributed by atoms with van der Waals surface area (Å²) in [6, 6.07) is 0. The van der Waals surface area contributed by atoms with Crippen LogP contribution < -0.4 is 0 Å². The van der Waals surface area contributed by atoms with Crippen LogP contribution in [0.4, 0.5) is 0 Å². The van der Waals surface area contributed by atoms with Crippen molar-refractivity contribution >= 4 is 0 Å². The maximum Gasteiger partial charge on any atom is 0.0518 e. The molecule has 0 aliphatic heterocycles. The normalized spacial score (nSPS) is 15.2. The van der Waals surface area contributed by atoms with Crippen molar-refractivity contribution in [2.45, 2.75) is 61.0 Å². The molecule has 0 bridgehead atoms. The van der Waals surface area contributed by atoms with Gasteiger partial charge in [0, 0.05) is 6.61 Å². The highest BCUT2D eigenvalue weighted by Gasteiger charge is 2.28. The second-order valence-electron chi connectivity index (χ2n) is 5.59. The zero-order valence-electron chi connectivity index (χ0n) is 11.1. The Hall–Kier alpha value is -0.0400. The van der Waals surface area contributed by atoms with Crippen molar-refractivity contribution in [2.75, 3.05) is 6.61 Å². The molecule has 86 valence electrons. The second-order valence-corrected chi connectivity index (χ2v) is 5.59. The Morgan fingerprint density at radius 1 is 1.00 bits per heavy atom. The highest BCUT2D eigenvalue weighted by Crippen LogP contribution is 2.36. The van der Waals surface area contributed by atoms with Crippen LogP contribution in [-0.4, -0.2) is 12.7 Å². The predicted molar refractivity (Wildman–Crippen MR) is 63.5 cm³/mol. The van der Waals surface area contributed by atoms with Crippen LogP contribution in [0.15, 0.2) is 0 Å². The maximum atomic E-state index is 5.59. The summed E-state index contributed by atoms with van der Waals surface area (Å²) in [7, 11) is 0. The van der Waals surface area contributed by atoms with E-state index in [-0.39, 0.29) is 0 Å². The van der Waals surface area contributed by atoms with Gasteiger partial charge < -0.3 is 4.74 Å². The molecule has 14 heavy (non-hydrogen) atoms. The van der Waals surface area contributed by atoms with Gasteiger partial charge in [-0.2, -0.15) is 0 Å². The molecular weight excluding hydrogens is 172 g/mol. The molecule has 0 saturated carbocycles. The van der Waals surface area contributed by atoms with E-state index in [0.29, 0.717) is 11.5 Å². The molecule has 0 fully saturated rings. The molecule has 0 heterocycles. The fourth-order valence-electron chi connectivity index (χ4n) is 1.42. The predicted octanol–water partition coefficient (Wildman–Crippen LogP) is 4.12. The standard InChI is InChI=1S/C13H28O/c1-10(2)13(6,7)12(5)8-9-14-11(3)4/h10-12H,8-9H2,1-7H3. The van der Waals surface area contributed by atoms with Crippen LogP contribution in [-0.2, 0) is 4.74 Å². The lowest BCUT2D eigenvalue weighted by Gasteiger charge is -2.36. The van der Waals surface area contributed by atoms with Gasteiger partial charge in [-0.3, -0.25) is 0 Å². The number of ether oxygens (including phenoxy) is 1. The largest absolute Gasteiger partial charge is 0.379 e. The van der Waals surface area contributed by atoms with E-state index >= 15 is 0 Å². The van der Waals surface area contributed by atoms with Crippen molar-refractivity contribution < 1.29 is 4.74 Å². The van der Waals surface area contributed by atoms with Crippen LogP contribution in [0.2, 0.25) is 0 Å². The summed E-state index contributed by atoms with van der Waals surface area (Å²) < 4.78 is 5.59. The van der Waals surface area contributed by atoms with Crippen LogP contribution >= 0.6 is 0 Å². The molecule has 1 nitrogen and oxygen atoms in total. The van der Waals surface area contributed by atoms with E-state index in [1.807, 2.05) is 0 Å². The van der Waals surface area contributed by atoms with E-state index in [2.05, 4.69) is 48.5 Å². The van der Waals surface area contributed by atoms with Crippen molar-refractivity contribution in [3.8, 4) is 0 Å². The van der Waals surface area contributed by atoms with E-state index < -0.39 is 0 Å². The first-order valence-corrected chi connectivity index (χ1v) is 5.90. The highest BCUT2D eigenvalue weighted by atomic mass is 16.5. The average Bonchev–Trinajstić information content (AvgIpc) is 2.02. The lowest BCUT2D eigenvalue weighted by atomic mass is 9.70. The Bertz CT molecular complexity index is 147. The molecule has 1 heteroatoms. The van der Waals surface area contributed by atoms with Crippen LogP contribution in [0.1, 0.15) is 54.9 Å². The molecule has 0 rings (SSSR count). The quantitative estimate of drug-likeness (QED) is 0.626.